The Morgan fingerprint density at radius 2 is 2.05 bits per heavy atom. The standard InChI is InChI=1S/C14H26ClN3O2/c1-4-12-14(15)13(18(2)17-12)11-16-7-5-6-8-20-10-9-19-3/h16H,4-11H2,1-3H3. The van der Waals surface area contributed by atoms with E-state index >= 15 is 0 Å². The van der Waals surface area contributed by atoms with E-state index < -0.39 is 0 Å². The van der Waals surface area contributed by atoms with E-state index in [0.717, 1.165) is 55.4 Å². The highest BCUT2D eigenvalue weighted by Gasteiger charge is 2.11. The van der Waals surface area contributed by atoms with Crippen LogP contribution < -0.4 is 5.32 Å². The van der Waals surface area contributed by atoms with Gasteiger partial charge in [-0.25, -0.2) is 0 Å². The van der Waals surface area contributed by atoms with Crippen molar-refractivity contribution in [3.63, 3.8) is 0 Å². The number of aryl methyl sites for hydroxylation is 2. The maximum atomic E-state index is 6.29. The molecule has 0 aliphatic rings. The summed E-state index contributed by atoms with van der Waals surface area (Å²) in [6, 6.07) is 0. The van der Waals surface area contributed by atoms with E-state index in [0.29, 0.717) is 13.2 Å². The molecule has 1 rings (SSSR count). The summed E-state index contributed by atoms with van der Waals surface area (Å²) in [5.74, 6) is 0. The van der Waals surface area contributed by atoms with E-state index in [1.807, 2.05) is 11.7 Å². The van der Waals surface area contributed by atoms with Crippen LogP contribution >= 0.6 is 11.6 Å². The van der Waals surface area contributed by atoms with E-state index in [4.69, 9.17) is 21.1 Å². The summed E-state index contributed by atoms with van der Waals surface area (Å²) in [6.07, 6.45) is 3.00. The molecule has 5 nitrogen and oxygen atoms in total. The maximum Gasteiger partial charge on any atom is 0.0863 e. The van der Waals surface area contributed by atoms with Gasteiger partial charge in [-0.1, -0.05) is 18.5 Å². The molecule has 0 fully saturated rings. The van der Waals surface area contributed by atoms with Crippen molar-refractivity contribution >= 4 is 11.6 Å². The SMILES string of the molecule is CCc1nn(C)c(CNCCCCOCCOC)c1Cl. The lowest BCUT2D eigenvalue weighted by molar-refractivity contribution is 0.0688. The van der Waals surface area contributed by atoms with Crippen LogP contribution in [-0.2, 0) is 29.5 Å². The van der Waals surface area contributed by atoms with Gasteiger partial charge < -0.3 is 14.8 Å². The van der Waals surface area contributed by atoms with E-state index in [2.05, 4.69) is 17.3 Å². The predicted octanol–water partition coefficient (Wildman–Crippen LogP) is 2.17. The smallest absolute Gasteiger partial charge is 0.0863 e. The number of aromatic nitrogens is 2. The quantitative estimate of drug-likeness (QED) is 0.637. The van der Waals surface area contributed by atoms with Gasteiger partial charge in [0.2, 0.25) is 0 Å². The zero-order valence-electron chi connectivity index (χ0n) is 12.7. The molecular weight excluding hydrogens is 278 g/mol. The summed E-state index contributed by atoms with van der Waals surface area (Å²) in [6.45, 7) is 5.90. The van der Waals surface area contributed by atoms with E-state index in [9.17, 15) is 0 Å². The number of nitrogens with one attached hydrogen (secondary N) is 1. The third-order valence-electron chi connectivity index (χ3n) is 3.12. The fourth-order valence-corrected chi connectivity index (χ4v) is 2.28. The Morgan fingerprint density at radius 1 is 1.25 bits per heavy atom. The summed E-state index contributed by atoms with van der Waals surface area (Å²) in [4.78, 5) is 0. The van der Waals surface area contributed by atoms with Crippen LogP contribution in [0, 0.1) is 0 Å². The second-order valence-electron chi connectivity index (χ2n) is 4.67. The molecule has 0 spiro atoms. The highest BCUT2D eigenvalue weighted by Crippen LogP contribution is 2.20. The summed E-state index contributed by atoms with van der Waals surface area (Å²) in [5.41, 5.74) is 2.03. The van der Waals surface area contributed by atoms with Crippen molar-refractivity contribution in [3.05, 3.63) is 16.4 Å². The lowest BCUT2D eigenvalue weighted by atomic mass is 10.3. The first-order valence-electron chi connectivity index (χ1n) is 7.18. The molecule has 1 N–H and O–H groups in total. The molecule has 6 heteroatoms. The Labute approximate surface area is 126 Å². The summed E-state index contributed by atoms with van der Waals surface area (Å²) in [5, 5.41) is 8.59. The molecule has 0 aliphatic heterocycles. The number of halogens is 1. The van der Waals surface area contributed by atoms with Crippen molar-refractivity contribution in [2.24, 2.45) is 7.05 Å². The third-order valence-corrected chi connectivity index (χ3v) is 3.56. The maximum absolute atomic E-state index is 6.29. The topological polar surface area (TPSA) is 48.3 Å². The average Bonchev–Trinajstić information content (AvgIpc) is 2.72. The van der Waals surface area contributed by atoms with Crippen LogP contribution in [0.25, 0.3) is 0 Å². The number of unbranched alkanes of at least 4 members (excludes halogenated alkanes) is 1. The van der Waals surface area contributed by atoms with Crippen LogP contribution in [0.3, 0.4) is 0 Å². The highest BCUT2D eigenvalue weighted by molar-refractivity contribution is 6.31. The zero-order valence-corrected chi connectivity index (χ0v) is 13.5. The molecule has 1 aromatic rings. The Kier molecular flexibility index (Phi) is 8.85. The molecule has 0 radical (unpaired) electrons. The number of hydrogen-bond acceptors (Lipinski definition) is 4. The van der Waals surface area contributed by atoms with Gasteiger partial charge in [-0.2, -0.15) is 5.10 Å². The van der Waals surface area contributed by atoms with Gasteiger partial charge in [0.1, 0.15) is 0 Å². The van der Waals surface area contributed by atoms with Crippen LogP contribution in [0.5, 0.6) is 0 Å². The number of nitrogens with zero attached hydrogens (tertiary/aromatic N) is 2. The molecule has 1 heterocycles. The molecule has 0 aliphatic carbocycles. The number of hydrogen-bond donors (Lipinski definition) is 1. The summed E-state index contributed by atoms with van der Waals surface area (Å²) >= 11 is 6.29. The van der Waals surface area contributed by atoms with Crippen LogP contribution in [-0.4, -0.2) is 43.3 Å². The fraction of sp³-hybridized carbons (Fsp3) is 0.786. The fourth-order valence-electron chi connectivity index (χ4n) is 1.92. The van der Waals surface area contributed by atoms with Gasteiger partial charge in [0.05, 0.1) is 29.6 Å². The van der Waals surface area contributed by atoms with E-state index in [1.54, 1.807) is 7.11 Å². The monoisotopic (exact) mass is 303 g/mol. The van der Waals surface area contributed by atoms with Crippen molar-refractivity contribution in [2.75, 3.05) is 33.5 Å². The predicted molar refractivity (Wildman–Crippen MR) is 81.2 cm³/mol. The minimum Gasteiger partial charge on any atom is -0.382 e. The van der Waals surface area contributed by atoms with Gasteiger partial charge in [-0.3, -0.25) is 4.68 Å². The van der Waals surface area contributed by atoms with Crippen molar-refractivity contribution in [1.29, 1.82) is 0 Å². The highest BCUT2D eigenvalue weighted by atomic mass is 35.5. The Balaban J connectivity index is 2.11. The molecule has 0 bridgehead atoms. The summed E-state index contributed by atoms with van der Waals surface area (Å²) < 4.78 is 12.2. The first-order chi connectivity index (χ1) is 9.70. The lowest BCUT2D eigenvalue weighted by Crippen LogP contribution is -2.17. The minimum atomic E-state index is 0.664. The first kappa shape index (κ1) is 17.4. The molecule has 0 saturated heterocycles. The second-order valence-corrected chi connectivity index (χ2v) is 5.05. The van der Waals surface area contributed by atoms with Crippen molar-refractivity contribution < 1.29 is 9.47 Å². The van der Waals surface area contributed by atoms with Crippen LogP contribution in [0.2, 0.25) is 5.02 Å². The summed E-state index contributed by atoms with van der Waals surface area (Å²) in [7, 11) is 3.62. The van der Waals surface area contributed by atoms with Crippen LogP contribution in [0.15, 0.2) is 0 Å². The molecule has 0 amide bonds. The average molecular weight is 304 g/mol. The lowest BCUT2D eigenvalue weighted by Gasteiger charge is -2.06. The molecule has 1 aromatic heterocycles. The van der Waals surface area contributed by atoms with Gasteiger partial charge in [0, 0.05) is 27.3 Å². The molecule has 0 atom stereocenters. The molecule has 0 aromatic carbocycles. The van der Waals surface area contributed by atoms with Gasteiger partial charge in [0.25, 0.3) is 0 Å². The molecule has 20 heavy (non-hydrogen) atoms. The molecule has 0 unspecified atom stereocenters. The Bertz CT molecular complexity index is 383. The second kappa shape index (κ2) is 10.2. The van der Waals surface area contributed by atoms with Gasteiger partial charge in [-0.05, 0) is 25.8 Å². The van der Waals surface area contributed by atoms with Crippen LogP contribution in [0.4, 0.5) is 0 Å². The Hall–Kier alpha value is -0.620. The van der Waals surface area contributed by atoms with Gasteiger partial charge in [-0.15, -0.1) is 0 Å². The molecule has 0 saturated carbocycles. The number of rotatable bonds is 11. The van der Waals surface area contributed by atoms with Crippen molar-refractivity contribution in [1.82, 2.24) is 15.1 Å². The third kappa shape index (κ3) is 5.79. The van der Waals surface area contributed by atoms with E-state index in [1.165, 1.54) is 0 Å². The molecular formula is C14H26ClN3O2. The molecule has 116 valence electrons. The first-order valence-corrected chi connectivity index (χ1v) is 7.56. The van der Waals surface area contributed by atoms with Crippen molar-refractivity contribution in [2.45, 2.75) is 32.7 Å². The van der Waals surface area contributed by atoms with Gasteiger partial charge in [0.15, 0.2) is 0 Å². The normalized spacial score (nSPS) is 11.2. The van der Waals surface area contributed by atoms with E-state index in [-0.39, 0.29) is 0 Å². The zero-order chi connectivity index (χ0) is 14.8. The minimum absolute atomic E-state index is 0.664. The van der Waals surface area contributed by atoms with Gasteiger partial charge >= 0.3 is 0 Å². The van der Waals surface area contributed by atoms with Crippen LogP contribution in [0.1, 0.15) is 31.2 Å². The number of ether oxygens (including phenoxy) is 2. The largest absolute Gasteiger partial charge is 0.382 e. The van der Waals surface area contributed by atoms with Crippen molar-refractivity contribution in [3.8, 4) is 0 Å². The number of methoxy groups -OCH3 is 1. The Morgan fingerprint density at radius 3 is 2.70 bits per heavy atom.